The molecule has 4 rings (SSSR count). The minimum atomic E-state index is -4.18. The van der Waals surface area contributed by atoms with Crippen molar-refractivity contribution >= 4 is 34.1 Å². The molecule has 2 aromatic carbocycles. The van der Waals surface area contributed by atoms with E-state index in [4.69, 9.17) is 9.47 Å². The maximum absolute atomic E-state index is 13.8. The molecule has 1 fully saturated rings. The molecular formula is C22H22N2O7S. The summed E-state index contributed by atoms with van der Waals surface area (Å²) in [5.41, 5.74) is -0.231. The van der Waals surface area contributed by atoms with Crippen molar-refractivity contribution < 1.29 is 32.3 Å². The number of nitrogens with zero attached hydrogens (tertiary/aromatic N) is 2. The summed E-state index contributed by atoms with van der Waals surface area (Å²) in [7, 11) is -1.84. The van der Waals surface area contributed by atoms with E-state index in [9.17, 15) is 22.8 Å². The largest absolute Gasteiger partial charge is 0.467 e. The van der Waals surface area contributed by atoms with Crippen molar-refractivity contribution in [2.24, 2.45) is 0 Å². The van der Waals surface area contributed by atoms with Crippen LogP contribution in [0.3, 0.4) is 0 Å². The number of hydrogen-bond donors (Lipinski definition) is 0. The summed E-state index contributed by atoms with van der Waals surface area (Å²) >= 11 is 0. The second-order valence-corrected chi connectivity index (χ2v) is 9.47. The molecule has 0 aromatic heterocycles. The van der Waals surface area contributed by atoms with Crippen LogP contribution in [-0.2, 0) is 34.5 Å². The number of aldehydes is 1. The Morgan fingerprint density at radius 2 is 1.72 bits per heavy atom. The summed E-state index contributed by atoms with van der Waals surface area (Å²) in [6.45, 7) is 0. The molecule has 10 heteroatoms. The number of benzene rings is 2. The molecule has 0 spiro atoms. The summed E-state index contributed by atoms with van der Waals surface area (Å²) in [5, 5.41) is 0. The van der Waals surface area contributed by atoms with Gasteiger partial charge in [0, 0.05) is 11.8 Å². The fraction of sp³-hybridized carbons (Fsp3) is 0.318. The SMILES string of the molecule is COC(=O)[C@@H]1C[C@]2(CC=O)c3ccccc3N(S(=O)(=O)c3ccccc3)[C@@H]2N1C(=O)OC. The Kier molecular flexibility index (Phi) is 5.41. The Labute approximate surface area is 185 Å². The van der Waals surface area contributed by atoms with E-state index < -0.39 is 39.7 Å². The van der Waals surface area contributed by atoms with Gasteiger partial charge < -0.3 is 14.3 Å². The number of amides is 1. The molecule has 0 saturated carbocycles. The number of fused-ring (bicyclic) bond motifs is 3. The third kappa shape index (κ3) is 2.97. The molecule has 2 aliphatic heterocycles. The standard InChI is InChI=1S/C22H22N2O7S/c1-30-19(26)18-14-22(12-13-25)16-10-6-7-11-17(16)24(20(22)23(18)21(27)31-2)32(28,29)15-8-4-3-5-9-15/h3-11,13,18,20H,12,14H2,1-2H3/t18-,20-,22+/m0/s1. The predicted octanol–water partition coefficient (Wildman–Crippen LogP) is 2.06. The van der Waals surface area contributed by atoms with Gasteiger partial charge in [0.05, 0.1) is 24.8 Å². The van der Waals surface area contributed by atoms with Gasteiger partial charge in [0.25, 0.3) is 10.0 Å². The molecule has 2 aromatic rings. The highest BCUT2D eigenvalue weighted by molar-refractivity contribution is 7.92. The molecule has 0 aliphatic carbocycles. The van der Waals surface area contributed by atoms with Gasteiger partial charge in [-0.15, -0.1) is 0 Å². The Morgan fingerprint density at radius 1 is 1.06 bits per heavy atom. The zero-order chi connectivity index (χ0) is 23.1. The van der Waals surface area contributed by atoms with Crippen LogP contribution in [0.2, 0.25) is 0 Å². The first-order valence-electron chi connectivity index (χ1n) is 9.90. The smallest absolute Gasteiger partial charge is 0.411 e. The number of esters is 1. The summed E-state index contributed by atoms with van der Waals surface area (Å²) < 4.78 is 38.6. The molecule has 3 atom stereocenters. The van der Waals surface area contributed by atoms with Crippen LogP contribution in [0.25, 0.3) is 0 Å². The van der Waals surface area contributed by atoms with Crippen molar-refractivity contribution in [1.82, 2.24) is 4.90 Å². The van der Waals surface area contributed by atoms with Crippen LogP contribution >= 0.6 is 0 Å². The number of methoxy groups -OCH3 is 2. The van der Waals surface area contributed by atoms with Gasteiger partial charge in [0.1, 0.15) is 18.5 Å². The normalized spacial score (nSPS) is 23.9. The Morgan fingerprint density at radius 3 is 2.34 bits per heavy atom. The van der Waals surface area contributed by atoms with Crippen molar-refractivity contribution in [3.8, 4) is 0 Å². The topological polar surface area (TPSA) is 110 Å². The number of carbonyl (C=O) groups is 3. The second kappa shape index (κ2) is 7.94. The highest BCUT2D eigenvalue weighted by Gasteiger charge is 2.66. The fourth-order valence-corrected chi connectivity index (χ4v) is 6.58. The highest BCUT2D eigenvalue weighted by Crippen LogP contribution is 2.57. The Bertz CT molecular complexity index is 1170. The quantitative estimate of drug-likeness (QED) is 0.498. The minimum Gasteiger partial charge on any atom is -0.467 e. The lowest BCUT2D eigenvalue weighted by Crippen LogP contribution is -2.56. The first-order valence-corrected chi connectivity index (χ1v) is 11.3. The molecule has 1 saturated heterocycles. The Hall–Kier alpha value is -3.40. The number of para-hydroxylation sites is 1. The molecule has 2 heterocycles. The van der Waals surface area contributed by atoms with E-state index in [1.54, 1.807) is 42.5 Å². The first kappa shape index (κ1) is 21.8. The summed E-state index contributed by atoms with van der Waals surface area (Å²) in [4.78, 5) is 38.4. The van der Waals surface area contributed by atoms with Gasteiger partial charge in [-0.1, -0.05) is 36.4 Å². The van der Waals surface area contributed by atoms with Crippen LogP contribution in [0.15, 0.2) is 59.5 Å². The number of ether oxygens (including phenoxy) is 2. The third-order valence-electron chi connectivity index (χ3n) is 6.16. The van der Waals surface area contributed by atoms with E-state index in [1.807, 2.05) is 0 Å². The van der Waals surface area contributed by atoms with Crippen LogP contribution in [-0.4, -0.2) is 58.1 Å². The molecule has 9 nitrogen and oxygen atoms in total. The van der Waals surface area contributed by atoms with E-state index in [0.29, 0.717) is 17.5 Å². The number of carbonyl (C=O) groups excluding carboxylic acids is 3. The van der Waals surface area contributed by atoms with Crippen LogP contribution in [0.5, 0.6) is 0 Å². The average molecular weight is 458 g/mol. The fourth-order valence-electron chi connectivity index (χ4n) is 4.87. The van der Waals surface area contributed by atoms with Gasteiger partial charge in [-0.25, -0.2) is 22.3 Å². The van der Waals surface area contributed by atoms with Gasteiger partial charge in [-0.3, -0.25) is 4.90 Å². The lowest BCUT2D eigenvalue weighted by molar-refractivity contribution is -0.145. The lowest BCUT2D eigenvalue weighted by Gasteiger charge is -2.36. The molecule has 2 aliphatic rings. The van der Waals surface area contributed by atoms with E-state index in [0.717, 1.165) is 16.3 Å². The minimum absolute atomic E-state index is 0.00992. The van der Waals surface area contributed by atoms with E-state index in [2.05, 4.69) is 0 Å². The van der Waals surface area contributed by atoms with E-state index >= 15 is 0 Å². The van der Waals surface area contributed by atoms with Crippen molar-refractivity contribution in [3.63, 3.8) is 0 Å². The molecule has 0 unspecified atom stereocenters. The van der Waals surface area contributed by atoms with Gasteiger partial charge in [0.15, 0.2) is 0 Å². The van der Waals surface area contributed by atoms with Crippen LogP contribution in [0.4, 0.5) is 10.5 Å². The monoisotopic (exact) mass is 458 g/mol. The zero-order valence-corrected chi connectivity index (χ0v) is 18.3. The average Bonchev–Trinajstić information content (AvgIpc) is 3.28. The van der Waals surface area contributed by atoms with Crippen molar-refractivity contribution in [2.45, 2.75) is 35.4 Å². The molecule has 1 amide bonds. The number of anilines is 1. The third-order valence-corrected chi connectivity index (χ3v) is 7.94. The van der Waals surface area contributed by atoms with E-state index in [1.165, 1.54) is 19.2 Å². The molecule has 0 radical (unpaired) electrons. The molecular weight excluding hydrogens is 436 g/mol. The Balaban J connectivity index is 2.01. The van der Waals surface area contributed by atoms with Gasteiger partial charge in [-0.05, 0) is 30.2 Å². The number of likely N-dealkylation sites (tertiary alicyclic amines) is 1. The van der Waals surface area contributed by atoms with Gasteiger partial charge in [0.2, 0.25) is 0 Å². The van der Waals surface area contributed by atoms with Crippen molar-refractivity contribution in [1.29, 1.82) is 0 Å². The summed E-state index contributed by atoms with van der Waals surface area (Å²) in [6, 6.07) is 13.4. The van der Waals surface area contributed by atoms with Crippen molar-refractivity contribution in [3.05, 3.63) is 60.2 Å². The lowest BCUT2D eigenvalue weighted by atomic mass is 9.76. The molecule has 0 N–H and O–H groups in total. The van der Waals surface area contributed by atoms with Crippen LogP contribution < -0.4 is 4.31 Å². The maximum atomic E-state index is 13.8. The summed E-state index contributed by atoms with van der Waals surface area (Å²) in [6.07, 6.45) is -1.49. The zero-order valence-electron chi connectivity index (χ0n) is 17.5. The van der Waals surface area contributed by atoms with Gasteiger partial charge >= 0.3 is 12.1 Å². The number of hydrogen-bond acceptors (Lipinski definition) is 7. The molecule has 32 heavy (non-hydrogen) atoms. The highest BCUT2D eigenvalue weighted by atomic mass is 32.2. The number of rotatable bonds is 5. The summed E-state index contributed by atoms with van der Waals surface area (Å²) in [5.74, 6) is -0.718. The first-order chi connectivity index (χ1) is 15.3. The number of sulfonamides is 1. The molecule has 0 bridgehead atoms. The van der Waals surface area contributed by atoms with Crippen LogP contribution in [0.1, 0.15) is 18.4 Å². The maximum Gasteiger partial charge on any atom is 0.411 e. The van der Waals surface area contributed by atoms with Gasteiger partial charge in [-0.2, -0.15) is 0 Å². The van der Waals surface area contributed by atoms with E-state index in [-0.39, 0.29) is 17.7 Å². The molecule has 168 valence electrons. The second-order valence-electron chi connectivity index (χ2n) is 7.65. The van der Waals surface area contributed by atoms with Crippen molar-refractivity contribution in [2.75, 3.05) is 18.5 Å². The predicted molar refractivity (Wildman–Crippen MR) is 113 cm³/mol. The van der Waals surface area contributed by atoms with Crippen LogP contribution in [0, 0.1) is 0 Å².